The van der Waals surface area contributed by atoms with Gasteiger partial charge in [0.15, 0.2) is 0 Å². The van der Waals surface area contributed by atoms with Crippen molar-refractivity contribution in [2.45, 2.75) is 18.9 Å². The van der Waals surface area contributed by atoms with Crippen LogP contribution in [0.2, 0.25) is 0 Å². The first-order valence-corrected chi connectivity index (χ1v) is 5.83. The van der Waals surface area contributed by atoms with E-state index in [2.05, 4.69) is 17.3 Å². The first kappa shape index (κ1) is 11.9. The largest absolute Gasteiger partial charge is 0.382 e. The molecule has 1 fully saturated rings. The maximum atomic E-state index is 13.2. The topological polar surface area (TPSA) is 39.1 Å². The highest BCUT2D eigenvalue weighted by Gasteiger charge is 2.16. The van der Waals surface area contributed by atoms with Crippen molar-refractivity contribution < 1.29 is 4.39 Å². The van der Waals surface area contributed by atoms with Gasteiger partial charge >= 0.3 is 0 Å². The van der Waals surface area contributed by atoms with Gasteiger partial charge in [0.25, 0.3) is 0 Å². The molecule has 0 spiro atoms. The van der Waals surface area contributed by atoms with Gasteiger partial charge in [0.2, 0.25) is 0 Å². The number of piperidine rings is 1. The molecule has 0 saturated carbocycles. The lowest BCUT2D eigenvalue weighted by Crippen LogP contribution is -2.36. The average Bonchev–Trinajstić information content (AvgIpc) is 2.31. The Labute approximate surface area is 101 Å². The molecule has 0 aromatic heterocycles. The van der Waals surface area contributed by atoms with Gasteiger partial charge in [-0.05, 0) is 51.2 Å². The molecule has 1 heterocycles. The predicted molar refractivity (Wildman–Crippen MR) is 65.3 cm³/mol. The van der Waals surface area contributed by atoms with E-state index in [1.165, 1.54) is 12.1 Å². The maximum Gasteiger partial charge on any atom is 0.126 e. The summed E-state index contributed by atoms with van der Waals surface area (Å²) in [7, 11) is 2.10. The molecule has 0 unspecified atom stereocenters. The van der Waals surface area contributed by atoms with Crippen molar-refractivity contribution in [2.75, 3.05) is 25.5 Å². The molecule has 0 bridgehead atoms. The molecule has 1 aromatic rings. The molecule has 1 N–H and O–H groups in total. The fourth-order valence-electron chi connectivity index (χ4n) is 2.13. The second kappa shape index (κ2) is 5.15. The van der Waals surface area contributed by atoms with E-state index in [0.29, 0.717) is 17.3 Å². The third kappa shape index (κ3) is 3.18. The van der Waals surface area contributed by atoms with Crippen LogP contribution in [0.15, 0.2) is 18.2 Å². The van der Waals surface area contributed by atoms with Crippen molar-refractivity contribution in [3.05, 3.63) is 29.6 Å². The quantitative estimate of drug-likeness (QED) is 0.851. The van der Waals surface area contributed by atoms with Gasteiger partial charge in [0.1, 0.15) is 5.82 Å². The molecule has 90 valence electrons. The first-order valence-electron chi connectivity index (χ1n) is 5.83. The van der Waals surface area contributed by atoms with Gasteiger partial charge in [-0.15, -0.1) is 0 Å². The molecule has 0 amide bonds. The first-order chi connectivity index (χ1) is 8.17. The molecule has 1 saturated heterocycles. The Hall–Kier alpha value is -1.60. The summed E-state index contributed by atoms with van der Waals surface area (Å²) in [5, 5.41) is 12.1. The summed E-state index contributed by atoms with van der Waals surface area (Å²) < 4.78 is 13.2. The molecule has 0 radical (unpaired) electrons. The zero-order chi connectivity index (χ0) is 12.3. The second-order valence-corrected chi connectivity index (χ2v) is 4.56. The molecule has 4 heteroatoms. The average molecular weight is 233 g/mol. The highest BCUT2D eigenvalue weighted by Crippen LogP contribution is 2.18. The summed E-state index contributed by atoms with van der Waals surface area (Å²) in [6.45, 7) is 2.11. The SMILES string of the molecule is CN1CCC(Nc2cc(F)cc(C#N)c2)CC1. The minimum absolute atomic E-state index is 0.362. The minimum atomic E-state index is -0.362. The molecule has 17 heavy (non-hydrogen) atoms. The summed E-state index contributed by atoms with van der Waals surface area (Å²) in [5.74, 6) is -0.362. The summed E-state index contributed by atoms with van der Waals surface area (Å²) in [4.78, 5) is 2.28. The number of anilines is 1. The number of hydrogen-bond donors (Lipinski definition) is 1. The van der Waals surface area contributed by atoms with E-state index in [1.807, 2.05) is 6.07 Å². The Bertz CT molecular complexity index is 431. The number of nitriles is 1. The highest BCUT2D eigenvalue weighted by atomic mass is 19.1. The van der Waals surface area contributed by atoms with Crippen LogP contribution in [-0.4, -0.2) is 31.1 Å². The smallest absolute Gasteiger partial charge is 0.126 e. The van der Waals surface area contributed by atoms with Gasteiger partial charge < -0.3 is 10.2 Å². The third-order valence-electron chi connectivity index (χ3n) is 3.12. The lowest BCUT2D eigenvalue weighted by Gasteiger charge is -2.30. The van der Waals surface area contributed by atoms with Crippen LogP contribution in [0.25, 0.3) is 0 Å². The van der Waals surface area contributed by atoms with Gasteiger partial charge in [0, 0.05) is 11.7 Å². The Kier molecular flexibility index (Phi) is 3.60. The molecule has 1 aliphatic heterocycles. The number of benzene rings is 1. The number of halogens is 1. The van der Waals surface area contributed by atoms with Crippen LogP contribution in [0.5, 0.6) is 0 Å². The number of rotatable bonds is 2. The Morgan fingerprint density at radius 1 is 1.35 bits per heavy atom. The molecule has 0 atom stereocenters. The van der Waals surface area contributed by atoms with Crippen LogP contribution in [-0.2, 0) is 0 Å². The van der Waals surface area contributed by atoms with E-state index in [9.17, 15) is 4.39 Å². The zero-order valence-electron chi connectivity index (χ0n) is 9.91. The standard InChI is InChI=1S/C13H16FN3/c1-17-4-2-12(3-5-17)16-13-7-10(9-15)6-11(14)8-13/h6-8,12,16H,2-5H2,1H3. The van der Waals surface area contributed by atoms with Crippen LogP contribution in [0.4, 0.5) is 10.1 Å². The van der Waals surface area contributed by atoms with Crippen LogP contribution in [0.1, 0.15) is 18.4 Å². The van der Waals surface area contributed by atoms with E-state index in [1.54, 1.807) is 6.07 Å². The fraction of sp³-hybridized carbons (Fsp3) is 0.462. The monoisotopic (exact) mass is 233 g/mol. The zero-order valence-corrected chi connectivity index (χ0v) is 9.91. The molecule has 3 nitrogen and oxygen atoms in total. The predicted octanol–water partition coefficient (Wildman–Crippen LogP) is 2.20. The van der Waals surface area contributed by atoms with Crippen molar-refractivity contribution in [1.29, 1.82) is 5.26 Å². The second-order valence-electron chi connectivity index (χ2n) is 4.56. The number of nitrogens with zero attached hydrogens (tertiary/aromatic N) is 2. The highest BCUT2D eigenvalue weighted by molar-refractivity contribution is 5.50. The van der Waals surface area contributed by atoms with Gasteiger partial charge in [0.05, 0.1) is 11.6 Å². The van der Waals surface area contributed by atoms with E-state index in [0.717, 1.165) is 25.9 Å². The van der Waals surface area contributed by atoms with Crippen molar-refractivity contribution in [2.24, 2.45) is 0 Å². The van der Waals surface area contributed by atoms with Crippen LogP contribution in [0, 0.1) is 17.1 Å². The molecular weight excluding hydrogens is 217 g/mol. The summed E-state index contributed by atoms with van der Waals surface area (Å²) >= 11 is 0. The van der Waals surface area contributed by atoms with Crippen molar-refractivity contribution in [1.82, 2.24) is 4.90 Å². The lowest BCUT2D eigenvalue weighted by atomic mass is 10.0. The number of nitrogens with one attached hydrogen (secondary N) is 1. The van der Waals surface area contributed by atoms with E-state index in [4.69, 9.17) is 5.26 Å². The van der Waals surface area contributed by atoms with E-state index < -0.39 is 0 Å². The molecule has 1 aromatic carbocycles. The van der Waals surface area contributed by atoms with Crippen LogP contribution >= 0.6 is 0 Å². The van der Waals surface area contributed by atoms with Gasteiger partial charge in [-0.25, -0.2) is 4.39 Å². The lowest BCUT2D eigenvalue weighted by molar-refractivity contribution is 0.264. The summed E-state index contributed by atoms with van der Waals surface area (Å²) in [5.41, 5.74) is 1.07. The molecule has 1 aliphatic rings. The Balaban J connectivity index is 2.03. The molecule has 0 aliphatic carbocycles. The summed E-state index contributed by atoms with van der Waals surface area (Å²) in [6.07, 6.45) is 2.10. The van der Waals surface area contributed by atoms with Gasteiger partial charge in [-0.2, -0.15) is 5.26 Å². The Morgan fingerprint density at radius 3 is 2.71 bits per heavy atom. The van der Waals surface area contributed by atoms with Gasteiger partial charge in [-0.1, -0.05) is 0 Å². The van der Waals surface area contributed by atoms with E-state index >= 15 is 0 Å². The van der Waals surface area contributed by atoms with Crippen molar-refractivity contribution in [3.63, 3.8) is 0 Å². The van der Waals surface area contributed by atoms with Gasteiger partial charge in [-0.3, -0.25) is 0 Å². The minimum Gasteiger partial charge on any atom is -0.382 e. The number of hydrogen-bond acceptors (Lipinski definition) is 3. The Morgan fingerprint density at radius 2 is 2.06 bits per heavy atom. The van der Waals surface area contributed by atoms with Crippen LogP contribution in [0.3, 0.4) is 0 Å². The molecule has 2 rings (SSSR count). The molecular formula is C13H16FN3. The third-order valence-corrected chi connectivity index (χ3v) is 3.12. The normalized spacial score (nSPS) is 17.7. The fourth-order valence-corrected chi connectivity index (χ4v) is 2.13. The number of likely N-dealkylation sites (tertiary alicyclic amines) is 1. The van der Waals surface area contributed by atoms with E-state index in [-0.39, 0.29) is 5.82 Å². The van der Waals surface area contributed by atoms with Crippen molar-refractivity contribution in [3.8, 4) is 6.07 Å². The van der Waals surface area contributed by atoms with Crippen LogP contribution < -0.4 is 5.32 Å². The maximum absolute atomic E-state index is 13.2. The summed E-state index contributed by atoms with van der Waals surface area (Å²) in [6, 6.07) is 6.73. The van der Waals surface area contributed by atoms with Crippen molar-refractivity contribution >= 4 is 5.69 Å².